The Balaban J connectivity index is 1.09. The maximum Gasteiger partial charge on any atom is 0.147 e. The summed E-state index contributed by atoms with van der Waals surface area (Å²) in [6.07, 6.45) is 14.6. The Labute approximate surface area is 231 Å². The van der Waals surface area contributed by atoms with Gasteiger partial charge in [-0.2, -0.15) is 0 Å². The minimum Gasteiger partial charge on any atom is -0.368 e. The zero-order valence-corrected chi connectivity index (χ0v) is 22.6. The quantitative estimate of drug-likeness (QED) is 0.265. The van der Waals surface area contributed by atoms with E-state index < -0.39 is 0 Å². The van der Waals surface area contributed by atoms with E-state index in [1.165, 1.54) is 37.8 Å². The number of benzene rings is 2. The lowest BCUT2D eigenvalue weighted by molar-refractivity contribution is -0.118. The van der Waals surface area contributed by atoms with Gasteiger partial charge in [-0.25, -0.2) is 4.98 Å². The number of aromatic nitrogens is 3. The predicted octanol–water partition coefficient (Wildman–Crippen LogP) is 6.49. The molecule has 0 spiro atoms. The summed E-state index contributed by atoms with van der Waals surface area (Å²) in [7, 11) is 0. The average Bonchev–Trinajstić information content (AvgIpc) is 3.01. The number of fused-ring (bicyclic) bond motifs is 1. The van der Waals surface area contributed by atoms with E-state index in [0.29, 0.717) is 12.2 Å². The number of hydrogen-bond acceptors (Lipinski definition) is 6. The summed E-state index contributed by atoms with van der Waals surface area (Å²) in [5, 5.41) is 0. The van der Waals surface area contributed by atoms with Gasteiger partial charge in [-0.1, -0.05) is 62.4 Å². The molecule has 1 saturated heterocycles. The standard InChI is InChI=1S/C33H37N5O/c39-30(12-8-25-4-2-1-3-5-25)22-26-6-9-27(10-7-26)28-11-13-31-32(23-28)36-33(24-35-31)38-20-18-37(19-21-38)29-14-16-34-17-15-29/h6-7,9-11,13-17,23-25H,1-5,8,12,18-22H2. The van der Waals surface area contributed by atoms with Gasteiger partial charge in [0.15, 0.2) is 0 Å². The zero-order valence-electron chi connectivity index (χ0n) is 22.6. The molecule has 39 heavy (non-hydrogen) atoms. The van der Waals surface area contributed by atoms with Crippen molar-refractivity contribution in [3.05, 3.63) is 78.8 Å². The Hall–Kier alpha value is -3.80. The molecule has 0 N–H and O–H groups in total. The second-order valence-electron chi connectivity index (χ2n) is 11.1. The maximum atomic E-state index is 12.6. The van der Waals surface area contributed by atoms with Crippen molar-refractivity contribution in [1.82, 2.24) is 15.0 Å². The lowest BCUT2D eigenvalue weighted by atomic mass is 9.85. The van der Waals surface area contributed by atoms with Crippen LogP contribution in [-0.2, 0) is 11.2 Å². The molecule has 6 nitrogen and oxygen atoms in total. The van der Waals surface area contributed by atoms with Gasteiger partial charge in [0.2, 0.25) is 0 Å². The lowest BCUT2D eigenvalue weighted by Gasteiger charge is -2.36. The fourth-order valence-corrected chi connectivity index (χ4v) is 6.05. The van der Waals surface area contributed by atoms with Crippen molar-refractivity contribution < 1.29 is 4.79 Å². The van der Waals surface area contributed by atoms with Gasteiger partial charge in [0.1, 0.15) is 11.6 Å². The summed E-state index contributed by atoms with van der Waals surface area (Å²) in [6, 6.07) is 18.9. The van der Waals surface area contributed by atoms with Crippen LogP contribution in [0.1, 0.15) is 50.5 Å². The van der Waals surface area contributed by atoms with E-state index in [1.54, 1.807) is 0 Å². The van der Waals surface area contributed by atoms with Crippen LogP contribution in [0, 0.1) is 5.92 Å². The number of Topliss-reactive ketones (excluding diaryl/α,β-unsaturated/α-hetero) is 1. The zero-order chi connectivity index (χ0) is 26.4. The Bertz CT molecular complexity index is 1390. The van der Waals surface area contributed by atoms with Crippen LogP contribution >= 0.6 is 0 Å². The molecular formula is C33H37N5O. The minimum absolute atomic E-state index is 0.364. The van der Waals surface area contributed by atoms with Gasteiger partial charge in [0.05, 0.1) is 17.2 Å². The van der Waals surface area contributed by atoms with E-state index in [-0.39, 0.29) is 0 Å². The highest BCUT2D eigenvalue weighted by Gasteiger charge is 2.19. The topological polar surface area (TPSA) is 62.2 Å². The molecule has 0 amide bonds. The molecule has 3 heterocycles. The largest absolute Gasteiger partial charge is 0.368 e. The van der Waals surface area contributed by atoms with Crippen molar-refractivity contribution >= 4 is 28.3 Å². The molecule has 4 aromatic rings. The lowest BCUT2D eigenvalue weighted by Crippen LogP contribution is -2.46. The van der Waals surface area contributed by atoms with Crippen molar-refractivity contribution in [2.24, 2.45) is 5.92 Å². The molecule has 0 unspecified atom stereocenters. The SMILES string of the molecule is O=C(CCC1CCCCC1)Cc1ccc(-c2ccc3ncc(N4CCN(c5ccncc5)CC4)nc3c2)cc1. The first kappa shape index (κ1) is 25.5. The van der Waals surface area contributed by atoms with Gasteiger partial charge < -0.3 is 9.80 Å². The van der Waals surface area contributed by atoms with E-state index in [0.717, 1.165) is 78.5 Å². The maximum absolute atomic E-state index is 12.6. The number of rotatable bonds is 8. The number of piperazine rings is 1. The molecule has 6 rings (SSSR count). The summed E-state index contributed by atoms with van der Waals surface area (Å²) < 4.78 is 0. The molecule has 200 valence electrons. The van der Waals surface area contributed by atoms with E-state index in [1.807, 2.05) is 24.7 Å². The van der Waals surface area contributed by atoms with Crippen molar-refractivity contribution in [3.8, 4) is 11.1 Å². The Morgan fingerprint density at radius 1 is 0.795 bits per heavy atom. The highest BCUT2D eigenvalue weighted by atomic mass is 16.1. The van der Waals surface area contributed by atoms with Crippen LogP contribution < -0.4 is 9.80 Å². The summed E-state index contributed by atoms with van der Waals surface area (Å²) in [5.41, 5.74) is 6.37. The van der Waals surface area contributed by atoms with Crippen LogP contribution in [0.5, 0.6) is 0 Å². The molecule has 2 aromatic carbocycles. The van der Waals surface area contributed by atoms with Gasteiger partial charge in [0, 0.05) is 57.1 Å². The first-order valence-corrected chi connectivity index (χ1v) is 14.5. The summed E-state index contributed by atoms with van der Waals surface area (Å²) in [6.45, 7) is 3.70. The van der Waals surface area contributed by atoms with Gasteiger partial charge in [-0.15, -0.1) is 0 Å². The van der Waals surface area contributed by atoms with Crippen LogP contribution in [0.25, 0.3) is 22.2 Å². The molecule has 0 atom stereocenters. The molecule has 0 bridgehead atoms. The molecule has 6 heteroatoms. The fraction of sp³-hybridized carbons (Fsp3) is 0.394. The van der Waals surface area contributed by atoms with Crippen LogP contribution in [-0.4, -0.2) is 46.9 Å². The number of carbonyl (C=O) groups excluding carboxylic acids is 1. The van der Waals surface area contributed by atoms with E-state index >= 15 is 0 Å². The molecule has 2 aliphatic rings. The highest BCUT2D eigenvalue weighted by molar-refractivity contribution is 5.83. The van der Waals surface area contributed by atoms with E-state index in [4.69, 9.17) is 9.97 Å². The van der Waals surface area contributed by atoms with E-state index in [9.17, 15) is 4.79 Å². The smallest absolute Gasteiger partial charge is 0.147 e. The molecule has 2 fully saturated rings. The second kappa shape index (κ2) is 11.9. The van der Waals surface area contributed by atoms with Crippen LogP contribution in [0.2, 0.25) is 0 Å². The predicted molar refractivity (Wildman–Crippen MR) is 158 cm³/mol. The van der Waals surface area contributed by atoms with Crippen LogP contribution in [0.4, 0.5) is 11.5 Å². The molecule has 1 aliphatic carbocycles. The summed E-state index contributed by atoms with van der Waals surface area (Å²) in [5.74, 6) is 2.05. The van der Waals surface area contributed by atoms with Crippen molar-refractivity contribution in [3.63, 3.8) is 0 Å². The van der Waals surface area contributed by atoms with Gasteiger partial charge >= 0.3 is 0 Å². The number of nitrogens with zero attached hydrogens (tertiary/aromatic N) is 5. The molecular weight excluding hydrogens is 482 g/mol. The van der Waals surface area contributed by atoms with Gasteiger partial charge in [-0.05, 0) is 53.3 Å². The first-order chi connectivity index (χ1) is 19.2. The Morgan fingerprint density at radius 2 is 1.51 bits per heavy atom. The number of hydrogen-bond donors (Lipinski definition) is 0. The minimum atomic E-state index is 0.364. The summed E-state index contributed by atoms with van der Waals surface area (Å²) >= 11 is 0. The normalized spacial score (nSPS) is 16.5. The molecule has 1 saturated carbocycles. The van der Waals surface area contributed by atoms with Gasteiger partial charge in [-0.3, -0.25) is 14.8 Å². The third-order valence-corrected chi connectivity index (χ3v) is 8.41. The second-order valence-corrected chi connectivity index (χ2v) is 11.1. The van der Waals surface area contributed by atoms with Crippen LogP contribution in [0.3, 0.4) is 0 Å². The third kappa shape index (κ3) is 6.27. The highest BCUT2D eigenvalue weighted by Crippen LogP contribution is 2.28. The number of anilines is 2. The summed E-state index contributed by atoms with van der Waals surface area (Å²) in [4.78, 5) is 31.1. The molecule has 2 aromatic heterocycles. The number of ketones is 1. The Morgan fingerprint density at radius 3 is 2.28 bits per heavy atom. The third-order valence-electron chi connectivity index (χ3n) is 8.41. The number of pyridine rings is 1. The van der Waals surface area contributed by atoms with Crippen LogP contribution in [0.15, 0.2) is 73.2 Å². The Kier molecular flexibility index (Phi) is 7.80. The van der Waals surface area contributed by atoms with E-state index in [2.05, 4.69) is 63.3 Å². The molecule has 1 aliphatic heterocycles. The van der Waals surface area contributed by atoms with Crippen molar-refractivity contribution in [2.45, 2.75) is 51.4 Å². The monoisotopic (exact) mass is 519 g/mol. The van der Waals surface area contributed by atoms with Crippen molar-refractivity contribution in [1.29, 1.82) is 0 Å². The van der Waals surface area contributed by atoms with Crippen molar-refractivity contribution in [2.75, 3.05) is 36.0 Å². The fourth-order valence-electron chi connectivity index (χ4n) is 6.05. The van der Waals surface area contributed by atoms with Gasteiger partial charge in [0.25, 0.3) is 0 Å². The first-order valence-electron chi connectivity index (χ1n) is 14.5. The average molecular weight is 520 g/mol. The number of carbonyl (C=O) groups is 1. The molecule has 0 radical (unpaired) electrons.